The Labute approximate surface area is 170 Å². The molecule has 1 aromatic rings. The first-order valence-corrected chi connectivity index (χ1v) is 10.5. The molecule has 0 radical (unpaired) electrons. The van der Waals surface area contributed by atoms with E-state index in [1.807, 2.05) is 9.80 Å². The van der Waals surface area contributed by atoms with E-state index in [1.165, 1.54) is 12.1 Å². The second kappa shape index (κ2) is 8.13. The van der Waals surface area contributed by atoms with Crippen molar-refractivity contribution in [2.75, 3.05) is 39.3 Å². The van der Waals surface area contributed by atoms with Gasteiger partial charge in [0.15, 0.2) is 0 Å². The predicted molar refractivity (Wildman–Crippen MR) is 105 cm³/mol. The van der Waals surface area contributed by atoms with Crippen molar-refractivity contribution in [2.24, 2.45) is 11.8 Å². The van der Waals surface area contributed by atoms with Gasteiger partial charge >= 0.3 is 0 Å². The molecule has 7 heteroatoms. The van der Waals surface area contributed by atoms with E-state index in [2.05, 4.69) is 0 Å². The SMILES string of the molecule is CC(=O)N1CCC(C(=O)N2CCN(C(=O)C3CC3c3ccc(F)cc3)CC2)CC1. The van der Waals surface area contributed by atoms with Crippen molar-refractivity contribution in [1.29, 1.82) is 0 Å². The van der Waals surface area contributed by atoms with Gasteiger partial charge in [-0.3, -0.25) is 14.4 Å². The van der Waals surface area contributed by atoms with Gasteiger partial charge in [0.1, 0.15) is 5.82 Å². The molecule has 2 aliphatic heterocycles. The first kappa shape index (κ1) is 19.9. The first-order chi connectivity index (χ1) is 13.9. The molecule has 1 aromatic carbocycles. The maximum Gasteiger partial charge on any atom is 0.226 e. The van der Waals surface area contributed by atoms with Crippen LogP contribution >= 0.6 is 0 Å². The molecule has 0 spiro atoms. The van der Waals surface area contributed by atoms with Gasteiger partial charge in [0.2, 0.25) is 17.7 Å². The van der Waals surface area contributed by atoms with E-state index in [-0.39, 0.29) is 41.3 Å². The van der Waals surface area contributed by atoms with E-state index < -0.39 is 0 Å². The fourth-order valence-corrected chi connectivity index (χ4v) is 4.63. The Hall–Kier alpha value is -2.44. The minimum Gasteiger partial charge on any atom is -0.343 e. The van der Waals surface area contributed by atoms with E-state index >= 15 is 0 Å². The number of carbonyl (C=O) groups excluding carboxylic acids is 3. The average Bonchev–Trinajstić information content (AvgIpc) is 3.54. The molecule has 3 aliphatic rings. The van der Waals surface area contributed by atoms with E-state index in [4.69, 9.17) is 0 Å². The number of nitrogens with zero attached hydrogens (tertiary/aromatic N) is 3. The first-order valence-electron chi connectivity index (χ1n) is 10.5. The minimum atomic E-state index is -0.259. The standard InChI is InChI=1S/C22H28FN3O3/c1-15(27)24-8-6-17(7-9-24)21(28)25-10-12-26(13-11-25)22(29)20-14-19(20)16-2-4-18(23)5-3-16/h2-5,17,19-20H,6-14H2,1H3. The molecule has 2 atom stereocenters. The fraction of sp³-hybridized carbons (Fsp3) is 0.591. The molecule has 1 aliphatic carbocycles. The number of amides is 3. The Morgan fingerprint density at radius 1 is 0.828 bits per heavy atom. The Kier molecular flexibility index (Phi) is 5.56. The summed E-state index contributed by atoms with van der Waals surface area (Å²) in [6, 6.07) is 6.42. The molecule has 1 saturated carbocycles. The third kappa shape index (κ3) is 4.28. The molecule has 2 saturated heterocycles. The lowest BCUT2D eigenvalue weighted by atomic mass is 9.95. The number of hydrogen-bond acceptors (Lipinski definition) is 3. The van der Waals surface area contributed by atoms with Gasteiger partial charge in [-0.15, -0.1) is 0 Å². The molecule has 4 rings (SSSR count). The van der Waals surface area contributed by atoms with Crippen LogP contribution in [0.15, 0.2) is 24.3 Å². The largest absolute Gasteiger partial charge is 0.343 e. The van der Waals surface area contributed by atoms with Gasteiger partial charge in [0.05, 0.1) is 0 Å². The van der Waals surface area contributed by atoms with Crippen LogP contribution in [0.4, 0.5) is 4.39 Å². The van der Waals surface area contributed by atoms with E-state index in [0.29, 0.717) is 39.3 Å². The Balaban J connectivity index is 1.24. The number of piperidine rings is 1. The number of piperazine rings is 1. The fourth-order valence-electron chi connectivity index (χ4n) is 4.63. The highest BCUT2D eigenvalue weighted by atomic mass is 19.1. The summed E-state index contributed by atoms with van der Waals surface area (Å²) in [5, 5.41) is 0. The second-order valence-corrected chi connectivity index (χ2v) is 8.43. The topological polar surface area (TPSA) is 60.9 Å². The lowest BCUT2D eigenvalue weighted by Crippen LogP contribution is -2.53. The van der Waals surface area contributed by atoms with Gasteiger partial charge in [0, 0.05) is 58.0 Å². The predicted octanol–water partition coefficient (Wildman–Crippen LogP) is 1.86. The van der Waals surface area contributed by atoms with E-state index in [9.17, 15) is 18.8 Å². The van der Waals surface area contributed by atoms with Crippen LogP contribution in [-0.4, -0.2) is 71.7 Å². The van der Waals surface area contributed by atoms with Crippen LogP contribution in [-0.2, 0) is 14.4 Å². The monoisotopic (exact) mass is 401 g/mol. The summed E-state index contributed by atoms with van der Waals surface area (Å²) in [6.07, 6.45) is 2.26. The van der Waals surface area contributed by atoms with Crippen molar-refractivity contribution in [1.82, 2.24) is 14.7 Å². The number of halogens is 1. The molecule has 6 nitrogen and oxygen atoms in total. The summed E-state index contributed by atoms with van der Waals surface area (Å²) in [4.78, 5) is 42.6. The highest BCUT2D eigenvalue weighted by Crippen LogP contribution is 2.48. The van der Waals surface area contributed by atoms with Gasteiger partial charge in [-0.1, -0.05) is 12.1 Å². The number of hydrogen-bond donors (Lipinski definition) is 0. The van der Waals surface area contributed by atoms with Crippen LogP contribution in [0.3, 0.4) is 0 Å². The molecule has 0 aromatic heterocycles. The molecule has 2 unspecified atom stereocenters. The number of benzene rings is 1. The molecule has 0 N–H and O–H groups in total. The van der Waals surface area contributed by atoms with Crippen LogP contribution in [0.1, 0.15) is 37.7 Å². The van der Waals surface area contributed by atoms with Gasteiger partial charge in [0.25, 0.3) is 0 Å². The summed E-state index contributed by atoms with van der Waals surface area (Å²) in [6.45, 7) is 5.16. The zero-order valence-corrected chi connectivity index (χ0v) is 16.8. The number of carbonyl (C=O) groups is 3. The molecule has 2 heterocycles. The van der Waals surface area contributed by atoms with Crippen LogP contribution in [0.25, 0.3) is 0 Å². The Morgan fingerprint density at radius 2 is 1.38 bits per heavy atom. The Morgan fingerprint density at radius 3 is 1.93 bits per heavy atom. The van der Waals surface area contributed by atoms with Gasteiger partial charge in [-0.2, -0.15) is 0 Å². The summed E-state index contributed by atoms with van der Waals surface area (Å²) < 4.78 is 13.1. The zero-order chi connectivity index (χ0) is 20.5. The lowest BCUT2D eigenvalue weighted by Gasteiger charge is -2.38. The Bertz CT molecular complexity index is 781. The van der Waals surface area contributed by atoms with E-state index in [1.54, 1.807) is 24.0 Å². The quantitative estimate of drug-likeness (QED) is 0.777. The number of rotatable bonds is 3. The van der Waals surface area contributed by atoms with Crippen LogP contribution in [0.2, 0.25) is 0 Å². The number of likely N-dealkylation sites (tertiary alicyclic amines) is 1. The smallest absolute Gasteiger partial charge is 0.226 e. The minimum absolute atomic E-state index is 0.0147. The summed E-state index contributed by atoms with van der Waals surface area (Å²) >= 11 is 0. The van der Waals surface area contributed by atoms with Crippen molar-refractivity contribution in [2.45, 2.75) is 32.1 Å². The van der Waals surface area contributed by atoms with Crippen molar-refractivity contribution in [3.63, 3.8) is 0 Å². The van der Waals surface area contributed by atoms with E-state index in [0.717, 1.165) is 24.8 Å². The van der Waals surface area contributed by atoms with Gasteiger partial charge < -0.3 is 14.7 Å². The summed E-state index contributed by atoms with van der Waals surface area (Å²) in [7, 11) is 0. The third-order valence-corrected chi connectivity index (χ3v) is 6.60. The van der Waals surface area contributed by atoms with Crippen LogP contribution < -0.4 is 0 Å². The van der Waals surface area contributed by atoms with Crippen molar-refractivity contribution < 1.29 is 18.8 Å². The average molecular weight is 401 g/mol. The third-order valence-electron chi connectivity index (χ3n) is 6.60. The zero-order valence-electron chi connectivity index (χ0n) is 16.8. The summed E-state index contributed by atoms with van der Waals surface area (Å²) in [5.74, 6) is 0.288. The summed E-state index contributed by atoms with van der Waals surface area (Å²) in [5.41, 5.74) is 1.02. The van der Waals surface area contributed by atoms with Crippen molar-refractivity contribution in [3.05, 3.63) is 35.6 Å². The lowest BCUT2D eigenvalue weighted by molar-refractivity contribution is -0.144. The van der Waals surface area contributed by atoms with Crippen LogP contribution in [0.5, 0.6) is 0 Å². The van der Waals surface area contributed by atoms with Crippen LogP contribution in [0, 0.1) is 17.7 Å². The molecule has 3 amide bonds. The molecule has 0 bridgehead atoms. The second-order valence-electron chi connectivity index (χ2n) is 8.43. The van der Waals surface area contributed by atoms with Gasteiger partial charge in [-0.25, -0.2) is 4.39 Å². The molecular weight excluding hydrogens is 373 g/mol. The normalized spacial score (nSPS) is 25.1. The maximum absolute atomic E-state index is 13.1. The molecule has 156 valence electrons. The molecule has 3 fully saturated rings. The highest BCUT2D eigenvalue weighted by Gasteiger charge is 2.46. The highest BCUT2D eigenvalue weighted by molar-refractivity contribution is 5.84. The van der Waals surface area contributed by atoms with Crippen molar-refractivity contribution in [3.8, 4) is 0 Å². The molecular formula is C22H28FN3O3. The molecule has 29 heavy (non-hydrogen) atoms. The maximum atomic E-state index is 13.1. The van der Waals surface area contributed by atoms with Crippen molar-refractivity contribution >= 4 is 17.7 Å². The van der Waals surface area contributed by atoms with Gasteiger partial charge in [-0.05, 0) is 42.9 Å².